The first-order valence-electron chi connectivity index (χ1n) is 9.50. The summed E-state index contributed by atoms with van der Waals surface area (Å²) in [6.45, 7) is 6.50. The molecule has 2 amide bonds. The summed E-state index contributed by atoms with van der Waals surface area (Å²) in [7, 11) is 1.53. The van der Waals surface area contributed by atoms with Gasteiger partial charge < -0.3 is 14.5 Å². The molecule has 1 aromatic carbocycles. The summed E-state index contributed by atoms with van der Waals surface area (Å²) in [4.78, 5) is 31.3. The number of rotatable bonds is 4. The van der Waals surface area contributed by atoms with Crippen molar-refractivity contribution in [2.24, 2.45) is 0 Å². The number of carbonyl (C=O) groups is 2. The van der Waals surface area contributed by atoms with Gasteiger partial charge in [-0.3, -0.25) is 14.5 Å². The predicted molar refractivity (Wildman–Crippen MR) is 99.7 cm³/mol. The first-order valence-corrected chi connectivity index (χ1v) is 9.50. The molecule has 26 heavy (non-hydrogen) atoms. The molecular formula is C20H29N3O3. The summed E-state index contributed by atoms with van der Waals surface area (Å²) >= 11 is 0. The average Bonchev–Trinajstić information content (AvgIpc) is 2.93. The lowest BCUT2D eigenvalue weighted by atomic mass is 9.93. The maximum atomic E-state index is 13.2. The molecule has 0 saturated carbocycles. The number of hydrogen-bond acceptors (Lipinski definition) is 4. The van der Waals surface area contributed by atoms with Crippen LogP contribution in [0, 0.1) is 0 Å². The minimum absolute atomic E-state index is 0.00331. The van der Waals surface area contributed by atoms with E-state index in [-0.39, 0.29) is 24.5 Å². The minimum Gasteiger partial charge on any atom is -0.375 e. The highest BCUT2D eigenvalue weighted by Gasteiger charge is 2.34. The maximum absolute atomic E-state index is 13.2. The van der Waals surface area contributed by atoms with Crippen LogP contribution >= 0.6 is 0 Å². The number of nitrogens with zero attached hydrogens (tertiary/aromatic N) is 3. The van der Waals surface area contributed by atoms with Crippen LogP contribution in [0.25, 0.3) is 0 Å². The molecule has 1 fully saturated rings. The Morgan fingerprint density at radius 1 is 1.08 bits per heavy atom. The van der Waals surface area contributed by atoms with Crippen LogP contribution in [0.2, 0.25) is 0 Å². The molecule has 0 spiro atoms. The molecule has 0 N–H and O–H groups in total. The molecule has 1 unspecified atom stereocenters. The normalized spacial score (nSPS) is 21.2. The zero-order chi connectivity index (χ0) is 18.5. The van der Waals surface area contributed by atoms with E-state index in [1.807, 2.05) is 15.9 Å². The van der Waals surface area contributed by atoms with Crippen LogP contribution in [0.5, 0.6) is 0 Å². The quantitative estimate of drug-likeness (QED) is 0.809. The lowest BCUT2D eigenvalue weighted by molar-refractivity contribution is -0.139. The lowest BCUT2D eigenvalue weighted by Gasteiger charge is -2.38. The van der Waals surface area contributed by atoms with Gasteiger partial charge in [-0.15, -0.1) is 0 Å². The van der Waals surface area contributed by atoms with E-state index < -0.39 is 0 Å². The highest BCUT2D eigenvalue weighted by molar-refractivity contribution is 5.83. The zero-order valence-electron chi connectivity index (χ0n) is 15.8. The lowest BCUT2D eigenvalue weighted by Crippen LogP contribution is -2.52. The first kappa shape index (κ1) is 18.9. The molecule has 0 radical (unpaired) electrons. The van der Waals surface area contributed by atoms with Crippen molar-refractivity contribution in [3.05, 3.63) is 35.4 Å². The average molecular weight is 359 g/mol. The molecule has 0 aromatic heterocycles. The van der Waals surface area contributed by atoms with Crippen molar-refractivity contribution >= 4 is 11.8 Å². The van der Waals surface area contributed by atoms with Gasteiger partial charge in [-0.2, -0.15) is 0 Å². The van der Waals surface area contributed by atoms with E-state index in [1.54, 1.807) is 0 Å². The van der Waals surface area contributed by atoms with Gasteiger partial charge in [0.2, 0.25) is 11.8 Å². The van der Waals surface area contributed by atoms with Crippen molar-refractivity contribution in [3.63, 3.8) is 0 Å². The summed E-state index contributed by atoms with van der Waals surface area (Å²) in [6, 6.07) is 8.30. The van der Waals surface area contributed by atoms with E-state index in [9.17, 15) is 9.59 Å². The Bertz CT molecular complexity index is 649. The summed E-state index contributed by atoms with van der Waals surface area (Å²) in [5, 5.41) is 0. The zero-order valence-corrected chi connectivity index (χ0v) is 15.8. The smallest absolute Gasteiger partial charge is 0.248 e. The Hall–Kier alpha value is -1.92. The van der Waals surface area contributed by atoms with Crippen molar-refractivity contribution in [1.82, 2.24) is 14.7 Å². The Morgan fingerprint density at radius 3 is 2.50 bits per heavy atom. The second-order valence-electron chi connectivity index (χ2n) is 7.04. The van der Waals surface area contributed by atoms with Crippen LogP contribution in [-0.2, 0) is 27.3 Å². The van der Waals surface area contributed by atoms with Crippen LogP contribution in [0.4, 0.5) is 0 Å². The summed E-state index contributed by atoms with van der Waals surface area (Å²) < 4.78 is 4.95. The van der Waals surface area contributed by atoms with Crippen molar-refractivity contribution in [3.8, 4) is 0 Å². The Labute approximate surface area is 155 Å². The van der Waals surface area contributed by atoms with Gasteiger partial charge in [0.1, 0.15) is 6.61 Å². The fourth-order valence-corrected chi connectivity index (χ4v) is 3.97. The molecule has 2 heterocycles. The second-order valence-corrected chi connectivity index (χ2v) is 7.04. The number of benzene rings is 1. The van der Waals surface area contributed by atoms with Crippen LogP contribution in [0.1, 0.15) is 24.5 Å². The number of fused-ring (bicyclic) bond motifs is 1. The Kier molecular flexibility index (Phi) is 6.27. The van der Waals surface area contributed by atoms with E-state index in [0.717, 1.165) is 25.9 Å². The van der Waals surface area contributed by atoms with Gasteiger partial charge in [-0.1, -0.05) is 31.2 Å². The molecule has 0 aliphatic carbocycles. The number of methoxy groups -OCH3 is 1. The Morgan fingerprint density at radius 2 is 1.77 bits per heavy atom. The summed E-state index contributed by atoms with van der Waals surface area (Å²) in [5.74, 6) is 0.200. The van der Waals surface area contributed by atoms with E-state index >= 15 is 0 Å². The highest BCUT2D eigenvalue weighted by Crippen LogP contribution is 2.24. The van der Waals surface area contributed by atoms with Gasteiger partial charge in [-0.05, 0) is 30.5 Å². The minimum atomic E-state index is -0.101. The van der Waals surface area contributed by atoms with E-state index in [0.29, 0.717) is 26.2 Å². The molecule has 142 valence electrons. The fraction of sp³-hybridized carbons (Fsp3) is 0.600. The third kappa shape index (κ3) is 4.07. The van der Waals surface area contributed by atoms with Crippen LogP contribution in [0.3, 0.4) is 0 Å². The first-order chi connectivity index (χ1) is 12.6. The highest BCUT2D eigenvalue weighted by atomic mass is 16.5. The van der Waals surface area contributed by atoms with Crippen molar-refractivity contribution in [2.45, 2.75) is 32.4 Å². The molecular weight excluding hydrogens is 330 g/mol. The molecule has 6 nitrogen and oxygen atoms in total. The number of carbonyl (C=O) groups excluding carboxylic acids is 2. The molecule has 2 aliphatic heterocycles. The maximum Gasteiger partial charge on any atom is 0.248 e. The largest absolute Gasteiger partial charge is 0.375 e. The van der Waals surface area contributed by atoms with Crippen LogP contribution in [0.15, 0.2) is 24.3 Å². The molecule has 0 bridgehead atoms. The predicted octanol–water partition coefficient (Wildman–Crippen LogP) is 1.14. The topological polar surface area (TPSA) is 53.1 Å². The van der Waals surface area contributed by atoms with E-state index in [2.05, 4.69) is 30.0 Å². The summed E-state index contributed by atoms with van der Waals surface area (Å²) in [6.07, 6.45) is 1.59. The molecule has 1 aromatic rings. The van der Waals surface area contributed by atoms with Crippen LogP contribution < -0.4 is 0 Å². The van der Waals surface area contributed by atoms with Gasteiger partial charge in [0.15, 0.2) is 0 Å². The second kappa shape index (κ2) is 8.64. The number of hydrogen-bond donors (Lipinski definition) is 0. The third-order valence-electron chi connectivity index (χ3n) is 5.47. The van der Waals surface area contributed by atoms with Crippen molar-refractivity contribution in [1.29, 1.82) is 0 Å². The fourth-order valence-electron chi connectivity index (χ4n) is 3.97. The van der Waals surface area contributed by atoms with Crippen LogP contribution in [-0.4, -0.2) is 79.0 Å². The number of likely N-dealkylation sites (N-methyl/N-ethyl adjacent to an activating group) is 1. The molecule has 2 aliphatic rings. The molecule has 1 saturated heterocycles. The molecule has 3 rings (SSSR count). The van der Waals surface area contributed by atoms with Gasteiger partial charge in [-0.25, -0.2) is 0 Å². The SMILES string of the molecule is CCN1Cc2ccccc2CC1C(=O)N1CCCN(C(=O)COC)CC1. The van der Waals surface area contributed by atoms with Gasteiger partial charge >= 0.3 is 0 Å². The molecule has 1 atom stereocenters. The van der Waals surface area contributed by atoms with E-state index in [4.69, 9.17) is 4.74 Å². The van der Waals surface area contributed by atoms with Gasteiger partial charge in [0.05, 0.1) is 6.04 Å². The Balaban J connectivity index is 1.67. The monoisotopic (exact) mass is 359 g/mol. The standard InChI is InChI=1S/C20H29N3O3/c1-3-21-14-17-8-5-4-7-16(17)13-18(21)20(25)23-10-6-9-22(11-12-23)19(24)15-26-2/h4-5,7-8,18H,3,6,9-15H2,1-2H3. The van der Waals surface area contributed by atoms with Gasteiger partial charge in [0.25, 0.3) is 0 Å². The van der Waals surface area contributed by atoms with Crippen molar-refractivity contribution < 1.29 is 14.3 Å². The number of amides is 2. The third-order valence-corrected chi connectivity index (χ3v) is 5.47. The summed E-state index contributed by atoms with van der Waals surface area (Å²) in [5.41, 5.74) is 2.60. The van der Waals surface area contributed by atoms with Crippen molar-refractivity contribution in [2.75, 3.05) is 46.4 Å². The number of ether oxygens (including phenoxy) is 1. The van der Waals surface area contributed by atoms with E-state index in [1.165, 1.54) is 18.2 Å². The molecule has 6 heteroatoms. The van der Waals surface area contributed by atoms with Gasteiger partial charge in [0, 0.05) is 39.8 Å².